The lowest BCUT2D eigenvalue weighted by Gasteiger charge is -2.56. The predicted octanol–water partition coefficient (Wildman–Crippen LogP) is 8.83. The number of piperazine rings is 2. The van der Waals surface area contributed by atoms with E-state index in [4.69, 9.17) is 19.4 Å². The number of aromatic nitrogens is 10. The summed E-state index contributed by atoms with van der Waals surface area (Å²) in [6.45, 7) is 8.44. The van der Waals surface area contributed by atoms with E-state index in [9.17, 15) is 10.5 Å². The molecule has 8 aliphatic rings. The third-order valence-electron chi connectivity index (χ3n) is 17.5. The van der Waals surface area contributed by atoms with E-state index < -0.39 is 0 Å². The largest absolute Gasteiger partial charge is 0.377 e. The monoisotopic (exact) mass is 1070 g/mol. The van der Waals surface area contributed by atoms with Crippen molar-refractivity contribution in [3.63, 3.8) is 0 Å². The zero-order chi connectivity index (χ0) is 54.1. The van der Waals surface area contributed by atoms with Gasteiger partial charge in [-0.15, -0.1) is 0 Å². The van der Waals surface area contributed by atoms with Crippen molar-refractivity contribution in [1.82, 2.24) is 58.5 Å². The third-order valence-corrected chi connectivity index (χ3v) is 17.5. The van der Waals surface area contributed by atoms with E-state index in [0.717, 1.165) is 119 Å². The van der Waals surface area contributed by atoms with E-state index in [1.54, 1.807) is 12.4 Å². The van der Waals surface area contributed by atoms with E-state index in [-0.39, 0.29) is 0 Å². The van der Waals surface area contributed by atoms with Gasteiger partial charge in [0.15, 0.2) is 0 Å². The average molecular weight is 1070 g/mol. The minimum atomic E-state index is 0.524. The fourth-order valence-corrected chi connectivity index (χ4v) is 13.3. The van der Waals surface area contributed by atoms with Gasteiger partial charge in [-0.3, -0.25) is 9.80 Å². The molecule has 18 nitrogen and oxygen atoms in total. The molecule has 18 heteroatoms. The van der Waals surface area contributed by atoms with Crippen LogP contribution in [-0.2, 0) is 29.6 Å². The van der Waals surface area contributed by atoms with Crippen molar-refractivity contribution in [2.75, 3.05) is 62.4 Å². The van der Waals surface area contributed by atoms with Gasteiger partial charge >= 0.3 is 0 Å². The number of rotatable bonds is 10. The van der Waals surface area contributed by atoms with Gasteiger partial charge in [-0.2, -0.15) is 20.7 Å². The second-order valence-corrected chi connectivity index (χ2v) is 22.3. The molecule has 81 heavy (non-hydrogen) atoms. The molecule has 0 spiro atoms. The topological polar surface area (TPSA) is 186 Å². The van der Waals surface area contributed by atoms with Gasteiger partial charge in [0.25, 0.3) is 0 Å². The molecule has 10 aromatic heterocycles. The van der Waals surface area contributed by atoms with Crippen molar-refractivity contribution in [3.8, 4) is 34.4 Å². The number of H-pyrrole nitrogens is 1. The minimum Gasteiger partial charge on any atom is -0.377 e. The second kappa shape index (κ2) is 20.3. The Bertz CT molecular complexity index is 4190. The Morgan fingerprint density at radius 1 is 0.580 bits per heavy atom. The number of aromatic amines is 1. The van der Waals surface area contributed by atoms with Crippen molar-refractivity contribution < 1.29 is 9.47 Å². The standard InChI is InChI=1S/C32H30N8O.C31H28N8O/c1-37-7-4-23-10-21(14-35-32(23)37)17-39-27-12-28(39)20-38(19-27)30-3-2-24(15-34-30)29-11-25(22-5-8-41-9-6-22)18-40-31(29)26(13-33)16-36-40;32-12-25-15-36-39-17-24(21-4-7-40-8-5-21)10-28(30(25)39)23-1-2-29(34-14-23)37-18-26-11-27(19-37)38(26)16-20-9-22-3-6-33-31(22)35-13-20/h2-5,7,10-11,14-16,18,27-28H,6,8-9,12,17,19-20H2,1H3;1-4,6,9-10,13-15,17,26-27H,5,7-8,11,16,18-19H2,(H,33,35). The molecule has 1 N–H and O–H groups in total. The number of nitrogens with one attached hydrogen (secondary N) is 1. The smallest absolute Gasteiger partial charge is 0.139 e. The maximum absolute atomic E-state index is 9.76. The van der Waals surface area contributed by atoms with Gasteiger partial charge in [0, 0.05) is 153 Å². The summed E-state index contributed by atoms with van der Waals surface area (Å²) >= 11 is 0. The molecule has 6 saturated heterocycles. The maximum Gasteiger partial charge on any atom is 0.139 e. The number of piperidine rings is 2. The van der Waals surface area contributed by atoms with Crippen molar-refractivity contribution in [2.45, 2.75) is 62.9 Å². The molecule has 4 unspecified atom stereocenters. The molecule has 18 rings (SSSR count). The highest BCUT2D eigenvalue weighted by Gasteiger charge is 2.46. The quantitative estimate of drug-likeness (QED) is 0.137. The Labute approximate surface area is 467 Å². The lowest BCUT2D eigenvalue weighted by atomic mass is 9.87. The number of nitriles is 2. The predicted molar refractivity (Wildman–Crippen MR) is 310 cm³/mol. The first-order valence-electron chi connectivity index (χ1n) is 28.0. The molecule has 4 bridgehead atoms. The molecule has 0 saturated carbocycles. The van der Waals surface area contributed by atoms with Gasteiger partial charge < -0.3 is 28.8 Å². The number of anilines is 2. The number of aryl methyl sites for hydroxylation is 1. The van der Waals surface area contributed by atoms with Crippen molar-refractivity contribution in [1.29, 1.82) is 10.5 Å². The van der Waals surface area contributed by atoms with Crippen molar-refractivity contribution in [3.05, 3.63) is 168 Å². The number of hydrogen-bond acceptors (Lipinski definition) is 14. The lowest BCUT2D eigenvalue weighted by Crippen LogP contribution is -2.68. The van der Waals surface area contributed by atoms with E-state index in [2.05, 4.69) is 140 Å². The Morgan fingerprint density at radius 2 is 1.11 bits per heavy atom. The molecule has 10 aromatic rings. The Morgan fingerprint density at radius 3 is 1.60 bits per heavy atom. The van der Waals surface area contributed by atoms with Gasteiger partial charge in [-0.1, -0.05) is 12.2 Å². The van der Waals surface area contributed by atoms with Gasteiger partial charge in [0.2, 0.25) is 0 Å². The summed E-state index contributed by atoms with van der Waals surface area (Å²) in [7, 11) is 2.04. The van der Waals surface area contributed by atoms with Gasteiger partial charge in [0.1, 0.15) is 35.1 Å². The number of ether oxygens (including phenoxy) is 2. The summed E-state index contributed by atoms with van der Waals surface area (Å²) < 4.78 is 16.7. The Kier molecular flexibility index (Phi) is 12.3. The average Bonchev–Trinajstić information content (AvgIpc) is 4.50. The van der Waals surface area contributed by atoms with Crippen LogP contribution in [0.25, 0.3) is 66.5 Å². The highest BCUT2D eigenvalue weighted by Crippen LogP contribution is 2.40. The van der Waals surface area contributed by atoms with E-state index in [0.29, 0.717) is 61.7 Å². The summed E-state index contributed by atoms with van der Waals surface area (Å²) in [4.78, 5) is 32.3. The molecule has 4 atom stereocenters. The minimum absolute atomic E-state index is 0.524. The number of pyridine rings is 6. The van der Waals surface area contributed by atoms with Crippen LogP contribution in [0.15, 0.2) is 135 Å². The molecule has 0 aliphatic carbocycles. The van der Waals surface area contributed by atoms with E-state index in [1.165, 1.54) is 45.9 Å². The Hall–Kier alpha value is -9.04. The van der Waals surface area contributed by atoms with Crippen LogP contribution in [-0.4, -0.2) is 135 Å². The molecular weight excluding hydrogens is 1010 g/mol. The first-order valence-corrected chi connectivity index (χ1v) is 28.0. The molecule has 0 radical (unpaired) electrons. The van der Waals surface area contributed by atoms with Crippen LogP contribution >= 0.6 is 0 Å². The number of nitrogens with zero attached hydrogens (tertiary/aromatic N) is 15. The zero-order valence-electron chi connectivity index (χ0n) is 44.9. The molecule has 8 aliphatic heterocycles. The molecule has 0 aromatic carbocycles. The number of hydrogen-bond donors (Lipinski definition) is 1. The van der Waals surface area contributed by atoms with Crippen LogP contribution in [0.2, 0.25) is 0 Å². The van der Waals surface area contributed by atoms with Crippen molar-refractivity contribution in [2.24, 2.45) is 7.05 Å². The first-order chi connectivity index (χ1) is 39.9. The van der Waals surface area contributed by atoms with Crippen LogP contribution in [0.5, 0.6) is 0 Å². The molecule has 6 fully saturated rings. The van der Waals surface area contributed by atoms with E-state index in [1.807, 2.05) is 59.5 Å². The Balaban J connectivity index is 0.000000139. The highest BCUT2D eigenvalue weighted by molar-refractivity contribution is 5.88. The van der Waals surface area contributed by atoms with Gasteiger partial charge in [0.05, 0.1) is 61.0 Å². The molecular formula is C63H58N16O2. The third kappa shape index (κ3) is 8.97. The van der Waals surface area contributed by atoms with Crippen LogP contribution in [0.3, 0.4) is 0 Å². The summed E-state index contributed by atoms with van der Waals surface area (Å²) in [5, 5.41) is 30.8. The molecule has 402 valence electrons. The maximum atomic E-state index is 9.76. The van der Waals surface area contributed by atoms with Crippen LogP contribution < -0.4 is 9.80 Å². The number of fused-ring (bicyclic) bond motifs is 8. The summed E-state index contributed by atoms with van der Waals surface area (Å²) in [5.41, 5.74) is 15.9. The summed E-state index contributed by atoms with van der Waals surface area (Å²) in [6, 6.07) is 28.3. The lowest BCUT2D eigenvalue weighted by molar-refractivity contribution is -0.00874. The summed E-state index contributed by atoms with van der Waals surface area (Å²) in [6.07, 6.45) is 27.7. The summed E-state index contributed by atoms with van der Waals surface area (Å²) in [5.74, 6) is 2.01. The first kappa shape index (κ1) is 49.0. The van der Waals surface area contributed by atoms with Crippen LogP contribution in [0.4, 0.5) is 11.6 Å². The molecule has 0 amide bonds. The zero-order valence-corrected chi connectivity index (χ0v) is 44.9. The molecule has 18 heterocycles. The fourth-order valence-electron chi connectivity index (χ4n) is 13.3. The van der Waals surface area contributed by atoms with Crippen LogP contribution in [0.1, 0.15) is 59.1 Å². The van der Waals surface area contributed by atoms with Gasteiger partial charge in [-0.25, -0.2) is 29.0 Å². The fraction of sp³-hybridized carbons (Fsp3) is 0.302. The highest BCUT2D eigenvalue weighted by atomic mass is 16.5. The van der Waals surface area contributed by atoms with Crippen LogP contribution in [0, 0.1) is 22.7 Å². The second-order valence-electron chi connectivity index (χ2n) is 22.3. The normalized spacial score (nSPS) is 20.8. The van der Waals surface area contributed by atoms with Crippen molar-refractivity contribution >= 4 is 55.9 Å². The SMILES string of the molecule is Cn1ccc2cc(CN3C4CC3CN(c3ccc(-c5cc(C6=CCOCC6)cn6ncc(C#N)c56)cn3)C4)cnc21.N#Cc1cnn2cc(C3=CCOCC3)cc(-c3ccc(N4CC5CC(C4)N5Cc4cnc5[nH]ccc5c4)nc3)c12. The van der Waals surface area contributed by atoms with E-state index >= 15 is 0 Å². The van der Waals surface area contributed by atoms with Gasteiger partial charge in [-0.05, 0) is 120 Å².